The van der Waals surface area contributed by atoms with E-state index in [1.54, 1.807) is 16.8 Å². The maximum absolute atomic E-state index is 13.0. The molecule has 0 unspecified atom stereocenters. The van der Waals surface area contributed by atoms with Gasteiger partial charge >= 0.3 is 0 Å². The Balaban J connectivity index is 0.00000208. The largest absolute Gasteiger partial charge is 0.370 e. The number of hydrogen-bond acceptors (Lipinski definition) is 2. The van der Waals surface area contributed by atoms with Crippen LogP contribution in [0.4, 0.5) is 4.39 Å². The molecular weight excluding hydrogens is 420 g/mol. The number of aryl methyl sites for hydroxylation is 1. The molecule has 2 aromatic rings. The van der Waals surface area contributed by atoms with Gasteiger partial charge in [0.05, 0.1) is 17.9 Å². The van der Waals surface area contributed by atoms with Gasteiger partial charge < -0.3 is 11.1 Å². The van der Waals surface area contributed by atoms with Gasteiger partial charge in [0.25, 0.3) is 0 Å². The average molecular weight is 443 g/mol. The first-order valence-electron chi connectivity index (χ1n) is 7.96. The SMILES string of the molecule is Cc1nn(-c2ccc(F)cc2)cc1CN=C(N)NCC1CCC1.I. The summed E-state index contributed by atoms with van der Waals surface area (Å²) in [7, 11) is 0. The summed E-state index contributed by atoms with van der Waals surface area (Å²) >= 11 is 0. The van der Waals surface area contributed by atoms with Crippen LogP contribution >= 0.6 is 24.0 Å². The normalized spacial score (nSPS) is 14.8. The summed E-state index contributed by atoms with van der Waals surface area (Å²) in [6.45, 7) is 3.32. The molecule has 0 radical (unpaired) electrons. The minimum Gasteiger partial charge on any atom is -0.370 e. The second-order valence-electron chi connectivity index (χ2n) is 6.04. The Labute approximate surface area is 158 Å². The zero-order chi connectivity index (χ0) is 16.2. The maximum Gasteiger partial charge on any atom is 0.188 e. The van der Waals surface area contributed by atoms with E-state index in [0.29, 0.717) is 12.5 Å². The highest BCUT2D eigenvalue weighted by Gasteiger charge is 2.16. The van der Waals surface area contributed by atoms with Crippen molar-refractivity contribution in [3.8, 4) is 5.69 Å². The van der Waals surface area contributed by atoms with Crippen LogP contribution in [-0.2, 0) is 6.54 Å². The van der Waals surface area contributed by atoms with Gasteiger partial charge in [0, 0.05) is 18.3 Å². The summed E-state index contributed by atoms with van der Waals surface area (Å²) in [6, 6.07) is 6.24. The standard InChI is InChI=1S/C17H22FN5.HI/c1-12-14(10-21-17(19)20-9-13-3-2-4-13)11-23(22-12)16-7-5-15(18)6-8-16;/h5-8,11,13H,2-4,9-10H2,1H3,(H3,19,20,21);1H. The lowest BCUT2D eigenvalue weighted by molar-refractivity contribution is 0.315. The third kappa shape index (κ3) is 4.68. The van der Waals surface area contributed by atoms with Gasteiger partial charge in [-0.2, -0.15) is 5.10 Å². The molecule has 0 bridgehead atoms. The lowest BCUT2D eigenvalue weighted by Crippen LogP contribution is -2.37. The minimum atomic E-state index is -0.257. The molecule has 1 saturated carbocycles. The molecule has 1 heterocycles. The van der Waals surface area contributed by atoms with Crippen molar-refractivity contribution in [2.24, 2.45) is 16.6 Å². The number of nitrogens with zero attached hydrogens (tertiary/aromatic N) is 3. The van der Waals surface area contributed by atoms with Crippen LogP contribution in [0.3, 0.4) is 0 Å². The fraction of sp³-hybridized carbons (Fsp3) is 0.412. The molecule has 1 aromatic heterocycles. The molecule has 130 valence electrons. The molecule has 1 aliphatic rings. The van der Waals surface area contributed by atoms with Crippen molar-refractivity contribution in [1.82, 2.24) is 15.1 Å². The molecule has 1 fully saturated rings. The van der Waals surface area contributed by atoms with Gasteiger partial charge in [0.15, 0.2) is 5.96 Å². The third-order valence-corrected chi connectivity index (χ3v) is 4.31. The quantitative estimate of drug-likeness (QED) is 0.424. The van der Waals surface area contributed by atoms with E-state index < -0.39 is 0 Å². The maximum atomic E-state index is 13.0. The first-order chi connectivity index (χ1) is 11.1. The van der Waals surface area contributed by atoms with E-state index in [-0.39, 0.29) is 29.8 Å². The molecule has 7 heteroatoms. The van der Waals surface area contributed by atoms with Crippen molar-refractivity contribution in [3.05, 3.63) is 47.5 Å². The topological polar surface area (TPSA) is 68.2 Å². The van der Waals surface area contributed by atoms with Crippen LogP contribution in [0, 0.1) is 18.7 Å². The number of nitrogens with one attached hydrogen (secondary N) is 1. The van der Waals surface area contributed by atoms with Crippen molar-refractivity contribution in [2.45, 2.75) is 32.7 Å². The fourth-order valence-corrected chi connectivity index (χ4v) is 2.55. The van der Waals surface area contributed by atoms with Crippen LogP contribution in [0.25, 0.3) is 5.69 Å². The smallest absolute Gasteiger partial charge is 0.188 e. The van der Waals surface area contributed by atoms with Gasteiger partial charge in [-0.1, -0.05) is 6.42 Å². The number of aliphatic imine (C=N–C) groups is 1. The van der Waals surface area contributed by atoms with Crippen molar-refractivity contribution in [2.75, 3.05) is 6.54 Å². The number of guanidine groups is 1. The molecule has 1 aromatic carbocycles. The summed E-state index contributed by atoms with van der Waals surface area (Å²) < 4.78 is 14.7. The molecule has 0 saturated heterocycles. The molecule has 0 aliphatic heterocycles. The highest BCUT2D eigenvalue weighted by atomic mass is 127. The van der Waals surface area contributed by atoms with Crippen LogP contribution in [0.2, 0.25) is 0 Å². The van der Waals surface area contributed by atoms with E-state index in [4.69, 9.17) is 5.73 Å². The zero-order valence-electron chi connectivity index (χ0n) is 13.7. The van der Waals surface area contributed by atoms with Crippen molar-refractivity contribution >= 4 is 29.9 Å². The van der Waals surface area contributed by atoms with Crippen LogP contribution in [-0.4, -0.2) is 22.3 Å². The Bertz CT molecular complexity index is 692. The Kier molecular flexibility index (Phi) is 6.59. The number of benzene rings is 1. The number of halogens is 2. The predicted octanol–water partition coefficient (Wildman–Crippen LogP) is 3.14. The summed E-state index contributed by atoms with van der Waals surface area (Å²) in [4.78, 5) is 4.38. The molecule has 3 rings (SSSR count). The van der Waals surface area contributed by atoms with E-state index in [1.165, 1.54) is 31.4 Å². The van der Waals surface area contributed by atoms with Crippen LogP contribution in [0.1, 0.15) is 30.5 Å². The van der Waals surface area contributed by atoms with Gasteiger partial charge in [0.2, 0.25) is 0 Å². The molecule has 5 nitrogen and oxygen atoms in total. The molecule has 0 amide bonds. The average Bonchev–Trinajstić information content (AvgIpc) is 2.85. The Morgan fingerprint density at radius 3 is 2.71 bits per heavy atom. The highest BCUT2D eigenvalue weighted by molar-refractivity contribution is 14.0. The lowest BCUT2D eigenvalue weighted by Gasteiger charge is -2.25. The van der Waals surface area contributed by atoms with Crippen LogP contribution in [0.15, 0.2) is 35.5 Å². The second kappa shape index (κ2) is 8.46. The molecule has 24 heavy (non-hydrogen) atoms. The Morgan fingerprint density at radius 2 is 2.08 bits per heavy atom. The van der Waals surface area contributed by atoms with Gasteiger partial charge in [-0.25, -0.2) is 14.1 Å². The first kappa shape index (κ1) is 18.7. The van der Waals surface area contributed by atoms with Gasteiger partial charge in [-0.05, 0) is 49.9 Å². The molecule has 0 spiro atoms. The fourth-order valence-electron chi connectivity index (χ4n) is 2.55. The number of nitrogens with two attached hydrogens (primary N) is 1. The summed E-state index contributed by atoms with van der Waals surface area (Å²) in [5, 5.41) is 7.63. The van der Waals surface area contributed by atoms with E-state index in [9.17, 15) is 4.39 Å². The van der Waals surface area contributed by atoms with Crippen molar-refractivity contribution in [1.29, 1.82) is 0 Å². The number of aromatic nitrogens is 2. The monoisotopic (exact) mass is 443 g/mol. The highest BCUT2D eigenvalue weighted by Crippen LogP contribution is 2.25. The first-order valence-corrected chi connectivity index (χ1v) is 7.96. The number of rotatable bonds is 5. The predicted molar refractivity (Wildman–Crippen MR) is 104 cm³/mol. The van der Waals surface area contributed by atoms with Gasteiger partial charge in [-0.3, -0.25) is 0 Å². The van der Waals surface area contributed by atoms with E-state index in [1.807, 2.05) is 13.1 Å². The summed E-state index contributed by atoms with van der Waals surface area (Å²) in [5.41, 5.74) is 8.62. The molecule has 3 N–H and O–H groups in total. The second-order valence-corrected chi connectivity index (χ2v) is 6.04. The minimum absolute atomic E-state index is 0. The van der Waals surface area contributed by atoms with E-state index in [2.05, 4.69) is 15.4 Å². The zero-order valence-corrected chi connectivity index (χ0v) is 16.0. The van der Waals surface area contributed by atoms with E-state index in [0.717, 1.165) is 29.4 Å². The Hall–Kier alpha value is -1.64. The number of hydrogen-bond donors (Lipinski definition) is 2. The van der Waals surface area contributed by atoms with Crippen LogP contribution in [0.5, 0.6) is 0 Å². The van der Waals surface area contributed by atoms with E-state index >= 15 is 0 Å². The Morgan fingerprint density at radius 1 is 1.38 bits per heavy atom. The van der Waals surface area contributed by atoms with Gasteiger partial charge in [-0.15, -0.1) is 24.0 Å². The van der Waals surface area contributed by atoms with Crippen molar-refractivity contribution < 1.29 is 4.39 Å². The van der Waals surface area contributed by atoms with Gasteiger partial charge in [0.1, 0.15) is 5.82 Å². The molecule has 0 atom stereocenters. The summed E-state index contributed by atoms with van der Waals surface area (Å²) in [6.07, 6.45) is 5.80. The lowest BCUT2D eigenvalue weighted by atomic mass is 9.85. The molecular formula is C17H23FIN5. The van der Waals surface area contributed by atoms with Crippen molar-refractivity contribution in [3.63, 3.8) is 0 Å². The third-order valence-electron chi connectivity index (χ3n) is 4.31. The summed E-state index contributed by atoms with van der Waals surface area (Å²) in [5.74, 6) is 0.963. The molecule has 1 aliphatic carbocycles. The van der Waals surface area contributed by atoms with Crippen LogP contribution < -0.4 is 11.1 Å².